The van der Waals surface area contributed by atoms with Gasteiger partial charge >= 0.3 is 0 Å². The summed E-state index contributed by atoms with van der Waals surface area (Å²) in [5.41, 5.74) is 5.96. The number of hydrogen-bond acceptors (Lipinski definition) is 4. The fourth-order valence-electron chi connectivity index (χ4n) is 4.70. The average molecular weight is 467 g/mol. The lowest BCUT2D eigenvalue weighted by Gasteiger charge is -2.34. The van der Waals surface area contributed by atoms with E-state index in [-0.39, 0.29) is 5.91 Å². The molecule has 0 saturated carbocycles. The van der Waals surface area contributed by atoms with Crippen molar-refractivity contribution < 1.29 is 13.9 Å². The summed E-state index contributed by atoms with van der Waals surface area (Å²) >= 11 is 0. The molecule has 0 atom stereocenters. The first-order chi connectivity index (χ1) is 17.1. The number of allylic oxidation sites excluding steroid dienone is 1. The van der Waals surface area contributed by atoms with E-state index < -0.39 is 0 Å². The number of nitrogens with zero attached hydrogens (tertiary/aromatic N) is 2. The number of ether oxygens (including phenoxy) is 1. The Balaban J connectivity index is 1.33. The second-order valence-corrected chi connectivity index (χ2v) is 8.98. The highest BCUT2D eigenvalue weighted by Crippen LogP contribution is 2.37. The molecule has 178 valence electrons. The summed E-state index contributed by atoms with van der Waals surface area (Å²) < 4.78 is 11.5. The molecule has 0 unspecified atom stereocenters. The molecule has 1 aliphatic heterocycles. The Bertz CT molecular complexity index is 1330. The van der Waals surface area contributed by atoms with Crippen molar-refractivity contribution in [1.29, 1.82) is 0 Å². The molecule has 0 radical (unpaired) electrons. The zero-order valence-corrected chi connectivity index (χ0v) is 20.2. The number of methoxy groups -OCH3 is 1. The Morgan fingerprint density at radius 1 is 0.971 bits per heavy atom. The Hall–Kier alpha value is -3.83. The SMILES string of the molecule is COc1cc2occ(-c3ccccc3)c2cc1/C(C)=C/C(=O)N1CCN(Cc2ccccc2)CC1. The molecule has 0 bridgehead atoms. The molecule has 1 aromatic heterocycles. The number of carbonyl (C=O) groups is 1. The molecule has 4 aromatic rings. The van der Waals surface area contributed by atoms with Crippen LogP contribution in [0.5, 0.6) is 5.75 Å². The highest BCUT2D eigenvalue weighted by molar-refractivity contribution is 6.00. The van der Waals surface area contributed by atoms with E-state index in [0.29, 0.717) is 5.75 Å². The van der Waals surface area contributed by atoms with Gasteiger partial charge in [0.1, 0.15) is 11.3 Å². The summed E-state index contributed by atoms with van der Waals surface area (Å²) in [5.74, 6) is 0.736. The number of hydrogen-bond donors (Lipinski definition) is 0. The zero-order chi connectivity index (χ0) is 24.2. The maximum absolute atomic E-state index is 13.1. The van der Waals surface area contributed by atoms with E-state index in [0.717, 1.165) is 66.0 Å². The van der Waals surface area contributed by atoms with Crippen LogP contribution in [0.4, 0.5) is 0 Å². The fourth-order valence-corrected chi connectivity index (χ4v) is 4.70. The predicted octanol–water partition coefficient (Wildman–Crippen LogP) is 5.86. The molecular formula is C30H30N2O3. The van der Waals surface area contributed by atoms with Crippen LogP contribution in [0.3, 0.4) is 0 Å². The van der Waals surface area contributed by atoms with Crippen molar-refractivity contribution >= 4 is 22.4 Å². The van der Waals surface area contributed by atoms with Gasteiger partial charge in [0.05, 0.1) is 13.4 Å². The molecular weight excluding hydrogens is 436 g/mol. The van der Waals surface area contributed by atoms with Crippen LogP contribution < -0.4 is 4.74 Å². The van der Waals surface area contributed by atoms with E-state index in [9.17, 15) is 4.79 Å². The van der Waals surface area contributed by atoms with Gasteiger partial charge in [-0.25, -0.2) is 0 Å². The third kappa shape index (κ3) is 5.00. The van der Waals surface area contributed by atoms with Gasteiger partial charge in [0.2, 0.25) is 5.91 Å². The van der Waals surface area contributed by atoms with E-state index in [4.69, 9.17) is 9.15 Å². The van der Waals surface area contributed by atoms with Crippen molar-refractivity contribution in [2.24, 2.45) is 0 Å². The van der Waals surface area contributed by atoms with Crippen molar-refractivity contribution in [1.82, 2.24) is 9.80 Å². The number of furan rings is 1. The molecule has 3 aromatic carbocycles. The van der Waals surface area contributed by atoms with Gasteiger partial charge in [-0.05, 0) is 29.7 Å². The highest BCUT2D eigenvalue weighted by Gasteiger charge is 2.21. The number of rotatable bonds is 6. The third-order valence-electron chi connectivity index (χ3n) is 6.68. The Morgan fingerprint density at radius 3 is 2.34 bits per heavy atom. The van der Waals surface area contributed by atoms with Crippen LogP contribution in [0.25, 0.3) is 27.7 Å². The minimum atomic E-state index is 0.0412. The summed E-state index contributed by atoms with van der Waals surface area (Å²) in [5, 5.41) is 1.00. The first kappa shape index (κ1) is 22.9. The molecule has 5 heteroatoms. The quantitative estimate of drug-likeness (QED) is 0.334. The number of amides is 1. The minimum Gasteiger partial charge on any atom is -0.496 e. The van der Waals surface area contributed by atoms with E-state index in [1.807, 2.05) is 42.2 Å². The third-order valence-corrected chi connectivity index (χ3v) is 6.68. The predicted molar refractivity (Wildman–Crippen MR) is 140 cm³/mol. The molecule has 0 aliphatic carbocycles. The van der Waals surface area contributed by atoms with Gasteiger partial charge < -0.3 is 14.1 Å². The van der Waals surface area contributed by atoms with E-state index >= 15 is 0 Å². The van der Waals surface area contributed by atoms with Gasteiger partial charge in [-0.15, -0.1) is 0 Å². The monoisotopic (exact) mass is 466 g/mol. The van der Waals surface area contributed by atoms with Gasteiger partial charge in [0.15, 0.2) is 0 Å². The molecule has 2 heterocycles. The van der Waals surface area contributed by atoms with Gasteiger partial charge in [0, 0.05) is 61.4 Å². The van der Waals surface area contributed by atoms with Crippen LogP contribution in [0.1, 0.15) is 18.1 Å². The second-order valence-electron chi connectivity index (χ2n) is 8.98. The van der Waals surface area contributed by atoms with Crippen LogP contribution in [-0.2, 0) is 11.3 Å². The molecule has 0 spiro atoms. The topological polar surface area (TPSA) is 45.9 Å². The van der Waals surface area contributed by atoms with E-state index in [2.05, 4.69) is 47.4 Å². The van der Waals surface area contributed by atoms with Gasteiger partial charge in [-0.2, -0.15) is 0 Å². The normalized spacial score (nSPS) is 14.9. The summed E-state index contributed by atoms with van der Waals surface area (Å²) in [6.07, 6.45) is 3.52. The van der Waals surface area contributed by atoms with Gasteiger partial charge in [-0.1, -0.05) is 60.7 Å². The molecule has 1 fully saturated rings. The van der Waals surface area contributed by atoms with E-state index in [1.165, 1.54) is 5.56 Å². The van der Waals surface area contributed by atoms with Gasteiger partial charge in [0.25, 0.3) is 0 Å². The summed E-state index contributed by atoms with van der Waals surface area (Å²) in [6.45, 7) is 6.09. The van der Waals surface area contributed by atoms with Crippen LogP contribution in [0.15, 0.2) is 89.6 Å². The van der Waals surface area contributed by atoms with E-state index in [1.54, 1.807) is 19.4 Å². The molecule has 35 heavy (non-hydrogen) atoms. The maximum Gasteiger partial charge on any atom is 0.246 e. The fraction of sp³-hybridized carbons (Fsp3) is 0.233. The Kier molecular flexibility index (Phi) is 6.68. The molecule has 1 amide bonds. The molecule has 1 saturated heterocycles. The first-order valence-electron chi connectivity index (χ1n) is 12.0. The Labute approximate surface area is 206 Å². The van der Waals surface area contributed by atoms with Crippen molar-refractivity contribution in [3.8, 4) is 16.9 Å². The lowest BCUT2D eigenvalue weighted by molar-refractivity contribution is -0.127. The number of carbonyl (C=O) groups excluding carboxylic acids is 1. The lowest BCUT2D eigenvalue weighted by Crippen LogP contribution is -2.47. The summed E-state index contributed by atoms with van der Waals surface area (Å²) in [7, 11) is 1.65. The Morgan fingerprint density at radius 2 is 1.66 bits per heavy atom. The standard InChI is InChI=1S/C30H30N2O3/c1-22(17-30(33)32-15-13-31(14-16-32)20-23-9-5-3-6-10-23)25-18-26-27(24-11-7-4-8-12-24)21-35-29(26)19-28(25)34-2/h3-12,17-19,21H,13-16,20H2,1-2H3/b22-17+. The lowest BCUT2D eigenvalue weighted by atomic mass is 9.99. The first-order valence-corrected chi connectivity index (χ1v) is 12.0. The maximum atomic E-state index is 13.1. The molecule has 5 rings (SSSR count). The van der Waals surface area contributed by atoms with Crippen LogP contribution in [0.2, 0.25) is 0 Å². The second kappa shape index (κ2) is 10.2. The summed E-state index contributed by atoms with van der Waals surface area (Å²) in [4.78, 5) is 17.5. The largest absolute Gasteiger partial charge is 0.496 e. The van der Waals surface area contributed by atoms with Gasteiger partial charge in [-0.3, -0.25) is 9.69 Å². The van der Waals surface area contributed by atoms with Crippen molar-refractivity contribution in [2.45, 2.75) is 13.5 Å². The van der Waals surface area contributed by atoms with Crippen LogP contribution in [0, 0.1) is 0 Å². The average Bonchev–Trinajstić information content (AvgIpc) is 3.32. The van der Waals surface area contributed by atoms with Crippen LogP contribution in [-0.4, -0.2) is 49.0 Å². The number of benzene rings is 3. The van der Waals surface area contributed by atoms with Crippen molar-refractivity contribution in [3.05, 3.63) is 96.3 Å². The van der Waals surface area contributed by atoms with Crippen molar-refractivity contribution in [3.63, 3.8) is 0 Å². The smallest absolute Gasteiger partial charge is 0.246 e. The van der Waals surface area contributed by atoms with Crippen molar-refractivity contribution in [2.75, 3.05) is 33.3 Å². The van der Waals surface area contributed by atoms with Crippen LogP contribution >= 0.6 is 0 Å². The number of fused-ring (bicyclic) bond motifs is 1. The summed E-state index contributed by atoms with van der Waals surface area (Å²) in [6, 6.07) is 24.6. The highest BCUT2D eigenvalue weighted by atomic mass is 16.5. The zero-order valence-electron chi connectivity index (χ0n) is 20.2. The molecule has 5 nitrogen and oxygen atoms in total. The molecule has 0 N–H and O–H groups in total. The minimum absolute atomic E-state index is 0.0412. The molecule has 1 aliphatic rings. The number of piperazine rings is 1.